The largest absolute Gasteiger partial charge is 0.497 e. The molecule has 0 unspecified atom stereocenters. The lowest BCUT2D eigenvalue weighted by Crippen LogP contribution is -2.17. The van der Waals surface area contributed by atoms with Crippen molar-refractivity contribution in [2.75, 3.05) is 14.2 Å². The molecule has 1 N–H and O–H groups in total. The Morgan fingerprint density at radius 2 is 1.78 bits per heavy atom. The average molecular weight is 363 g/mol. The molecule has 0 bridgehead atoms. The van der Waals surface area contributed by atoms with Gasteiger partial charge in [-0.3, -0.25) is 4.79 Å². The van der Waals surface area contributed by atoms with E-state index in [0.717, 1.165) is 22.7 Å². The predicted molar refractivity (Wildman–Crippen MR) is 105 cm³/mol. The lowest BCUT2D eigenvalue weighted by Gasteiger charge is -2.06. The third-order valence-electron chi connectivity index (χ3n) is 4.10. The number of hydrogen-bond donors (Lipinski definition) is 1. The van der Waals surface area contributed by atoms with Crippen molar-refractivity contribution in [1.82, 2.24) is 9.99 Å². The van der Waals surface area contributed by atoms with Gasteiger partial charge in [0.2, 0.25) is 0 Å². The topological polar surface area (TPSA) is 64.8 Å². The van der Waals surface area contributed by atoms with E-state index >= 15 is 0 Å². The SMILES string of the molecule is COc1ccc(-n2cc(/C=N\NC(=O)c3cccc(OC)c3)cc2C)cc1. The maximum atomic E-state index is 12.2. The van der Waals surface area contributed by atoms with Gasteiger partial charge in [-0.25, -0.2) is 5.43 Å². The molecule has 2 aromatic carbocycles. The van der Waals surface area contributed by atoms with Gasteiger partial charge in [-0.05, 0) is 55.5 Å². The van der Waals surface area contributed by atoms with Crippen LogP contribution >= 0.6 is 0 Å². The molecule has 1 heterocycles. The van der Waals surface area contributed by atoms with Gasteiger partial charge in [-0.1, -0.05) is 6.07 Å². The van der Waals surface area contributed by atoms with Gasteiger partial charge >= 0.3 is 0 Å². The minimum Gasteiger partial charge on any atom is -0.497 e. The summed E-state index contributed by atoms with van der Waals surface area (Å²) >= 11 is 0. The lowest BCUT2D eigenvalue weighted by molar-refractivity contribution is 0.0955. The fourth-order valence-corrected chi connectivity index (χ4v) is 2.68. The van der Waals surface area contributed by atoms with Crippen LogP contribution in [-0.4, -0.2) is 30.9 Å². The average Bonchev–Trinajstić information content (AvgIpc) is 3.08. The quantitative estimate of drug-likeness (QED) is 0.538. The number of hydrogen-bond acceptors (Lipinski definition) is 4. The maximum absolute atomic E-state index is 12.2. The van der Waals surface area contributed by atoms with Crippen molar-refractivity contribution in [3.05, 3.63) is 77.6 Å². The molecule has 0 aliphatic heterocycles. The molecule has 138 valence electrons. The minimum atomic E-state index is -0.295. The Hall–Kier alpha value is -3.54. The number of amides is 1. The number of aromatic nitrogens is 1. The van der Waals surface area contributed by atoms with Crippen molar-refractivity contribution in [3.63, 3.8) is 0 Å². The highest BCUT2D eigenvalue weighted by atomic mass is 16.5. The first-order valence-corrected chi connectivity index (χ1v) is 8.41. The van der Waals surface area contributed by atoms with Crippen molar-refractivity contribution in [2.24, 2.45) is 5.10 Å². The van der Waals surface area contributed by atoms with E-state index in [0.29, 0.717) is 11.3 Å². The zero-order chi connectivity index (χ0) is 19.2. The van der Waals surface area contributed by atoms with Gasteiger partial charge in [0, 0.05) is 28.7 Å². The number of nitrogens with zero attached hydrogens (tertiary/aromatic N) is 2. The number of benzene rings is 2. The highest BCUT2D eigenvalue weighted by molar-refractivity contribution is 5.95. The molecule has 1 aromatic heterocycles. The van der Waals surface area contributed by atoms with Crippen LogP contribution < -0.4 is 14.9 Å². The van der Waals surface area contributed by atoms with Crippen LogP contribution in [0.5, 0.6) is 11.5 Å². The molecule has 0 atom stereocenters. The summed E-state index contributed by atoms with van der Waals surface area (Å²) in [6, 6.07) is 16.7. The zero-order valence-corrected chi connectivity index (χ0v) is 15.5. The molecule has 3 aromatic rings. The number of carbonyl (C=O) groups excluding carboxylic acids is 1. The van der Waals surface area contributed by atoms with E-state index in [2.05, 4.69) is 10.5 Å². The van der Waals surface area contributed by atoms with Crippen LogP contribution in [0.2, 0.25) is 0 Å². The molecule has 1 amide bonds. The molecule has 0 saturated heterocycles. The molecular weight excluding hydrogens is 342 g/mol. The maximum Gasteiger partial charge on any atom is 0.271 e. The third-order valence-corrected chi connectivity index (χ3v) is 4.10. The van der Waals surface area contributed by atoms with Crippen molar-refractivity contribution in [2.45, 2.75) is 6.92 Å². The molecule has 0 saturated carbocycles. The van der Waals surface area contributed by atoms with Crippen LogP contribution in [-0.2, 0) is 0 Å². The molecule has 3 rings (SSSR count). The van der Waals surface area contributed by atoms with Crippen molar-refractivity contribution in [1.29, 1.82) is 0 Å². The first-order chi connectivity index (χ1) is 13.1. The van der Waals surface area contributed by atoms with E-state index in [1.807, 2.05) is 48.0 Å². The van der Waals surface area contributed by atoms with Crippen molar-refractivity contribution in [3.8, 4) is 17.2 Å². The molecule has 6 heteroatoms. The minimum absolute atomic E-state index is 0.295. The summed E-state index contributed by atoms with van der Waals surface area (Å²) in [5, 5.41) is 4.05. The number of hydrazone groups is 1. The van der Waals surface area contributed by atoms with E-state index in [1.54, 1.807) is 44.7 Å². The van der Waals surface area contributed by atoms with Crippen LogP contribution in [0.15, 0.2) is 65.9 Å². The van der Waals surface area contributed by atoms with Gasteiger partial charge in [0.25, 0.3) is 5.91 Å². The summed E-state index contributed by atoms with van der Waals surface area (Å²) in [4.78, 5) is 12.2. The van der Waals surface area contributed by atoms with Crippen LogP contribution in [0.1, 0.15) is 21.6 Å². The molecule has 0 spiro atoms. The van der Waals surface area contributed by atoms with Crippen LogP contribution in [0.25, 0.3) is 5.69 Å². The molecule has 0 aliphatic carbocycles. The first-order valence-electron chi connectivity index (χ1n) is 8.41. The Balaban J connectivity index is 1.69. The highest BCUT2D eigenvalue weighted by Crippen LogP contribution is 2.18. The summed E-state index contributed by atoms with van der Waals surface area (Å²) in [5.41, 5.74) is 5.98. The Morgan fingerprint density at radius 3 is 2.48 bits per heavy atom. The van der Waals surface area contributed by atoms with Gasteiger partial charge in [-0.2, -0.15) is 5.10 Å². The van der Waals surface area contributed by atoms with Gasteiger partial charge in [0.15, 0.2) is 0 Å². The number of rotatable bonds is 6. The molecular formula is C21H21N3O3. The molecule has 27 heavy (non-hydrogen) atoms. The van der Waals surface area contributed by atoms with E-state index < -0.39 is 0 Å². The summed E-state index contributed by atoms with van der Waals surface area (Å²) in [6.07, 6.45) is 3.57. The summed E-state index contributed by atoms with van der Waals surface area (Å²) in [7, 11) is 3.20. The molecule has 6 nitrogen and oxygen atoms in total. The Kier molecular flexibility index (Phi) is 5.56. The standard InChI is InChI=1S/C21H21N3O3/c1-15-11-16(14-24(15)18-7-9-19(26-2)10-8-18)13-22-23-21(25)17-5-4-6-20(12-17)27-3/h4-14H,1-3H3,(H,23,25)/b22-13-. The Labute approximate surface area is 158 Å². The van der Waals surface area contributed by atoms with Gasteiger partial charge in [-0.15, -0.1) is 0 Å². The zero-order valence-electron chi connectivity index (χ0n) is 15.5. The fraction of sp³-hybridized carbons (Fsp3) is 0.143. The fourth-order valence-electron chi connectivity index (χ4n) is 2.68. The smallest absolute Gasteiger partial charge is 0.271 e. The number of ether oxygens (including phenoxy) is 2. The first kappa shape index (κ1) is 18.3. The van der Waals surface area contributed by atoms with Gasteiger partial charge in [0.05, 0.1) is 20.4 Å². The van der Waals surface area contributed by atoms with Crippen molar-refractivity contribution >= 4 is 12.1 Å². The highest BCUT2D eigenvalue weighted by Gasteiger charge is 2.06. The summed E-state index contributed by atoms with van der Waals surface area (Å²) in [6.45, 7) is 2.01. The van der Waals surface area contributed by atoms with Crippen LogP contribution in [0.4, 0.5) is 0 Å². The van der Waals surface area contributed by atoms with Crippen LogP contribution in [0, 0.1) is 6.92 Å². The van der Waals surface area contributed by atoms with Gasteiger partial charge in [0.1, 0.15) is 11.5 Å². The summed E-state index contributed by atoms with van der Waals surface area (Å²) < 4.78 is 12.4. The monoisotopic (exact) mass is 363 g/mol. The third kappa shape index (κ3) is 4.36. The molecule has 0 aliphatic rings. The summed E-state index contributed by atoms with van der Waals surface area (Å²) in [5.74, 6) is 1.14. The number of nitrogens with one attached hydrogen (secondary N) is 1. The van der Waals surface area contributed by atoms with E-state index in [-0.39, 0.29) is 5.91 Å². The second kappa shape index (κ2) is 8.23. The van der Waals surface area contributed by atoms with Crippen LogP contribution in [0.3, 0.4) is 0 Å². The second-order valence-corrected chi connectivity index (χ2v) is 5.91. The van der Waals surface area contributed by atoms with E-state index in [9.17, 15) is 4.79 Å². The van der Waals surface area contributed by atoms with Gasteiger partial charge < -0.3 is 14.0 Å². The van der Waals surface area contributed by atoms with Crippen molar-refractivity contribution < 1.29 is 14.3 Å². The molecule has 0 radical (unpaired) electrons. The van der Waals surface area contributed by atoms with E-state index in [1.165, 1.54) is 0 Å². The second-order valence-electron chi connectivity index (χ2n) is 5.91. The predicted octanol–water partition coefficient (Wildman–Crippen LogP) is 3.57. The van der Waals surface area contributed by atoms with E-state index in [4.69, 9.17) is 9.47 Å². The molecule has 0 fully saturated rings. The number of aryl methyl sites for hydroxylation is 1. The normalized spacial score (nSPS) is 10.8. The lowest BCUT2D eigenvalue weighted by atomic mass is 10.2. The Morgan fingerprint density at radius 1 is 1.04 bits per heavy atom. The number of methoxy groups -OCH3 is 2. The Bertz CT molecular complexity index is 959. The number of carbonyl (C=O) groups is 1.